The van der Waals surface area contributed by atoms with Gasteiger partial charge in [0, 0.05) is 0 Å². The quantitative estimate of drug-likeness (QED) is 0.282. The number of rotatable bonds is 14. The lowest BCUT2D eigenvalue weighted by molar-refractivity contribution is -0.159. The molecule has 0 bridgehead atoms. The molecule has 3 atom stereocenters. The number of unbranched alkanes of at least 4 members (excludes halogenated alkanes) is 6. The topological polar surface area (TPSA) is 107 Å². The van der Waals surface area contributed by atoms with Gasteiger partial charge in [-0.2, -0.15) is 0 Å². The van der Waals surface area contributed by atoms with Crippen LogP contribution < -0.4 is 0 Å². The van der Waals surface area contributed by atoms with E-state index in [9.17, 15) is 20.1 Å². The molecule has 0 unspecified atom stereocenters. The second-order valence-electron chi connectivity index (χ2n) is 5.65. The summed E-state index contributed by atoms with van der Waals surface area (Å²) in [5, 5.41) is 37.0. The van der Waals surface area contributed by atoms with Crippen LogP contribution in [0.3, 0.4) is 0 Å². The van der Waals surface area contributed by atoms with Crippen LogP contribution in [0.15, 0.2) is 0 Å². The summed E-state index contributed by atoms with van der Waals surface area (Å²) in [4.78, 5) is 11.2. The summed E-state index contributed by atoms with van der Waals surface area (Å²) in [5.41, 5.74) is 0. The van der Waals surface area contributed by atoms with Crippen LogP contribution in [0, 0.1) is 0 Å². The molecule has 0 fully saturated rings. The van der Waals surface area contributed by atoms with Crippen LogP contribution in [-0.4, -0.2) is 57.9 Å². The highest BCUT2D eigenvalue weighted by Crippen LogP contribution is 2.13. The monoisotopic (exact) mass is 320 g/mol. The SMILES string of the molecule is CCOC(=O)[C@H](O)[C@@H](O)CCCCCCCCC[C@H](O)CO. The van der Waals surface area contributed by atoms with Gasteiger partial charge in [-0.05, 0) is 19.8 Å². The molecular formula is C16H32O6. The van der Waals surface area contributed by atoms with Gasteiger partial charge in [-0.3, -0.25) is 0 Å². The molecule has 22 heavy (non-hydrogen) atoms. The molecule has 0 saturated carbocycles. The molecule has 0 saturated heterocycles. The van der Waals surface area contributed by atoms with Crippen molar-refractivity contribution in [1.82, 2.24) is 0 Å². The summed E-state index contributed by atoms with van der Waals surface area (Å²) >= 11 is 0. The van der Waals surface area contributed by atoms with Crippen LogP contribution in [0.2, 0.25) is 0 Å². The minimum Gasteiger partial charge on any atom is -0.464 e. The number of carbonyl (C=O) groups is 1. The Morgan fingerprint density at radius 1 is 0.909 bits per heavy atom. The highest BCUT2D eigenvalue weighted by molar-refractivity contribution is 5.75. The second-order valence-corrected chi connectivity index (χ2v) is 5.65. The van der Waals surface area contributed by atoms with Crippen LogP contribution in [0.25, 0.3) is 0 Å². The van der Waals surface area contributed by atoms with Gasteiger partial charge < -0.3 is 25.2 Å². The van der Waals surface area contributed by atoms with Gasteiger partial charge in [0.2, 0.25) is 0 Å². The summed E-state index contributed by atoms with van der Waals surface area (Å²) in [6, 6.07) is 0. The molecule has 0 aliphatic rings. The smallest absolute Gasteiger partial charge is 0.337 e. The van der Waals surface area contributed by atoms with Gasteiger partial charge in [-0.15, -0.1) is 0 Å². The molecule has 0 aliphatic carbocycles. The van der Waals surface area contributed by atoms with E-state index in [0.717, 1.165) is 44.9 Å². The number of carbonyl (C=O) groups excluding carboxylic acids is 1. The van der Waals surface area contributed by atoms with Crippen LogP contribution in [0.5, 0.6) is 0 Å². The molecular weight excluding hydrogens is 288 g/mol. The number of hydrogen-bond acceptors (Lipinski definition) is 6. The lowest BCUT2D eigenvalue weighted by Gasteiger charge is -2.16. The van der Waals surface area contributed by atoms with E-state index in [1.54, 1.807) is 6.92 Å². The number of esters is 1. The lowest BCUT2D eigenvalue weighted by Crippen LogP contribution is -2.35. The van der Waals surface area contributed by atoms with E-state index in [-0.39, 0.29) is 13.2 Å². The van der Waals surface area contributed by atoms with Crippen LogP contribution in [0.4, 0.5) is 0 Å². The molecule has 0 heterocycles. The molecule has 0 amide bonds. The Morgan fingerprint density at radius 2 is 1.41 bits per heavy atom. The zero-order valence-electron chi connectivity index (χ0n) is 13.6. The summed E-state index contributed by atoms with van der Waals surface area (Å²) in [7, 11) is 0. The van der Waals surface area contributed by atoms with Crippen molar-refractivity contribution in [2.45, 2.75) is 83.0 Å². The first-order valence-electron chi connectivity index (χ1n) is 8.34. The lowest BCUT2D eigenvalue weighted by atomic mass is 10.0. The maximum absolute atomic E-state index is 11.2. The largest absolute Gasteiger partial charge is 0.464 e. The van der Waals surface area contributed by atoms with Crippen molar-refractivity contribution in [3.05, 3.63) is 0 Å². The summed E-state index contributed by atoms with van der Waals surface area (Å²) < 4.78 is 4.65. The Labute approximate surface area is 133 Å². The number of ether oxygens (including phenoxy) is 1. The van der Waals surface area contributed by atoms with Gasteiger partial charge in [0.1, 0.15) is 0 Å². The second kappa shape index (κ2) is 13.9. The minimum absolute atomic E-state index is 0.167. The molecule has 6 heteroatoms. The van der Waals surface area contributed by atoms with Crippen LogP contribution >= 0.6 is 0 Å². The van der Waals surface area contributed by atoms with Crippen molar-refractivity contribution >= 4 is 5.97 Å². The number of aliphatic hydroxyl groups is 4. The van der Waals surface area contributed by atoms with Crippen molar-refractivity contribution in [3.63, 3.8) is 0 Å². The molecule has 6 nitrogen and oxygen atoms in total. The van der Waals surface area contributed by atoms with Crippen molar-refractivity contribution in [1.29, 1.82) is 0 Å². The van der Waals surface area contributed by atoms with Crippen molar-refractivity contribution in [2.24, 2.45) is 0 Å². The summed E-state index contributed by atoms with van der Waals surface area (Å²) in [5.74, 6) is -0.764. The molecule has 0 rings (SSSR count). The predicted molar refractivity (Wildman–Crippen MR) is 83.3 cm³/mol. The molecule has 4 N–H and O–H groups in total. The van der Waals surface area contributed by atoms with Gasteiger partial charge in [-0.25, -0.2) is 4.79 Å². The van der Waals surface area contributed by atoms with E-state index in [0.29, 0.717) is 12.8 Å². The summed E-state index contributed by atoms with van der Waals surface area (Å²) in [6.45, 7) is 1.68. The zero-order chi connectivity index (χ0) is 16.8. The van der Waals surface area contributed by atoms with Crippen LogP contribution in [-0.2, 0) is 9.53 Å². The fourth-order valence-electron chi connectivity index (χ4n) is 2.25. The predicted octanol–water partition coefficient (Wildman–Crippen LogP) is 1.14. The fourth-order valence-corrected chi connectivity index (χ4v) is 2.25. The Hall–Kier alpha value is -0.690. The normalized spacial score (nSPS) is 15.3. The van der Waals surface area contributed by atoms with E-state index >= 15 is 0 Å². The first-order valence-corrected chi connectivity index (χ1v) is 8.34. The molecule has 132 valence electrons. The highest BCUT2D eigenvalue weighted by Gasteiger charge is 2.24. The Bertz CT molecular complexity index is 271. The van der Waals surface area contributed by atoms with Gasteiger partial charge >= 0.3 is 5.97 Å². The van der Waals surface area contributed by atoms with E-state index in [4.69, 9.17) is 5.11 Å². The molecule has 0 aliphatic heterocycles. The average Bonchev–Trinajstić information content (AvgIpc) is 2.52. The third kappa shape index (κ3) is 11.0. The van der Waals surface area contributed by atoms with Gasteiger partial charge in [0.15, 0.2) is 6.10 Å². The van der Waals surface area contributed by atoms with Crippen molar-refractivity contribution < 1.29 is 30.0 Å². The van der Waals surface area contributed by atoms with E-state index in [2.05, 4.69) is 4.74 Å². The number of aliphatic hydroxyl groups excluding tert-OH is 4. The third-order valence-corrected chi connectivity index (χ3v) is 3.64. The maximum Gasteiger partial charge on any atom is 0.337 e. The van der Waals surface area contributed by atoms with E-state index in [1.807, 2.05) is 0 Å². The molecule has 0 radical (unpaired) electrons. The zero-order valence-corrected chi connectivity index (χ0v) is 13.6. The average molecular weight is 320 g/mol. The first-order chi connectivity index (χ1) is 10.5. The molecule has 0 aromatic heterocycles. The molecule has 0 aromatic rings. The Kier molecular flexibility index (Phi) is 13.5. The third-order valence-electron chi connectivity index (χ3n) is 3.64. The minimum atomic E-state index is -1.45. The highest BCUT2D eigenvalue weighted by atomic mass is 16.5. The Balaban J connectivity index is 3.43. The molecule has 0 spiro atoms. The number of hydrogen-bond donors (Lipinski definition) is 4. The van der Waals surface area contributed by atoms with E-state index in [1.165, 1.54) is 0 Å². The fraction of sp³-hybridized carbons (Fsp3) is 0.938. The summed E-state index contributed by atoms with van der Waals surface area (Å²) in [6.07, 6.45) is 4.85. The maximum atomic E-state index is 11.2. The van der Waals surface area contributed by atoms with Crippen molar-refractivity contribution in [2.75, 3.05) is 13.2 Å². The van der Waals surface area contributed by atoms with Gasteiger partial charge in [0.05, 0.1) is 25.4 Å². The van der Waals surface area contributed by atoms with Gasteiger partial charge in [0.25, 0.3) is 0 Å². The van der Waals surface area contributed by atoms with E-state index < -0.39 is 24.3 Å². The first kappa shape index (κ1) is 21.3. The Morgan fingerprint density at radius 3 is 1.91 bits per heavy atom. The van der Waals surface area contributed by atoms with Crippen molar-refractivity contribution in [3.8, 4) is 0 Å². The standard InChI is InChI=1S/C16H32O6/c1-2-22-16(21)15(20)14(19)11-9-7-5-3-4-6-8-10-13(18)12-17/h13-15,17-20H,2-12H2,1H3/t13-,14-,15+/m0/s1. The van der Waals surface area contributed by atoms with Crippen LogP contribution in [0.1, 0.15) is 64.7 Å². The van der Waals surface area contributed by atoms with Gasteiger partial charge in [-0.1, -0.05) is 44.9 Å². The molecule has 0 aromatic carbocycles.